The van der Waals surface area contributed by atoms with E-state index in [0.29, 0.717) is 19.1 Å². The first-order chi connectivity index (χ1) is 9.46. The SMILES string of the molecule is CCNC(CN1CCOCC1(C)C)(C(=O)OC)C1CC1. The third-order valence-electron chi connectivity index (χ3n) is 4.57. The van der Waals surface area contributed by atoms with E-state index in [-0.39, 0.29) is 11.5 Å². The molecular formula is C15H28N2O3. The minimum atomic E-state index is -0.557. The van der Waals surface area contributed by atoms with Gasteiger partial charge in [-0.15, -0.1) is 0 Å². The van der Waals surface area contributed by atoms with Gasteiger partial charge in [0.05, 0.1) is 20.3 Å². The van der Waals surface area contributed by atoms with Crippen LogP contribution in [0.25, 0.3) is 0 Å². The molecule has 2 fully saturated rings. The van der Waals surface area contributed by atoms with Crippen molar-refractivity contribution in [2.75, 3.05) is 40.0 Å². The number of rotatable bonds is 6. The number of nitrogens with one attached hydrogen (secondary N) is 1. The fraction of sp³-hybridized carbons (Fsp3) is 0.933. The molecular weight excluding hydrogens is 256 g/mol. The number of esters is 1. The van der Waals surface area contributed by atoms with E-state index < -0.39 is 5.54 Å². The van der Waals surface area contributed by atoms with Gasteiger partial charge in [0.2, 0.25) is 0 Å². The maximum atomic E-state index is 12.4. The van der Waals surface area contributed by atoms with E-state index in [1.807, 2.05) is 6.92 Å². The molecule has 1 heterocycles. The zero-order valence-electron chi connectivity index (χ0n) is 13.2. The van der Waals surface area contributed by atoms with Gasteiger partial charge in [0, 0.05) is 18.6 Å². The van der Waals surface area contributed by atoms with Crippen LogP contribution in [0.15, 0.2) is 0 Å². The van der Waals surface area contributed by atoms with Crippen LogP contribution in [0.5, 0.6) is 0 Å². The second-order valence-corrected chi connectivity index (χ2v) is 6.55. The van der Waals surface area contributed by atoms with Crippen molar-refractivity contribution in [3.05, 3.63) is 0 Å². The van der Waals surface area contributed by atoms with E-state index in [1.165, 1.54) is 7.11 Å². The van der Waals surface area contributed by atoms with Crippen LogP contribution >= 0.6 is 0 Å². The summed E-state index contributed by atoms with van der Waals surface area (Å²) in [4.78, 5) is 14.8. The van der Waals surface area contributed by atoms with Crippen LogP contribution in [0.1, 0.15) is 33.6 Å². The van der Waals surface area contributed by atoms with E-state index in [0.717, 1.165) is 32.5 Å². The van der Waals surface area contributed by atoms with Gasteiger partial charge in [-0.1, -0.05) is 6.92 Å². The minimum absolute atomic E-state index is 0.0398. The summed E-state index contributed by atoms with van der Waals surface area (Å²) < 4.78 is 10.7. The van der Waals surface area contributed by atoms with Gasteiger partial charge in [0.1, 0.15) is 5.54 Å². The Morgan fingerprint density at radius 2 is 2.20 bits per heavy atom. The summed E-state index contributed by atoms with van der Waals surface area (Å²) in [6.45, 7) is 10.2. The van der Waals surface area contributed by atoms with Gasteiger partial charge in [-0.3, -0.25) is 4.90 Å². The highest BCUT2D eigenvalue weighted by Gasteiger charge is 2.53. The highest BCUT2D eigenvalue weighted by Crippen LogP contribution is 2.42. The Labute approximate surface area is 122 Å². The molecule has 1 aliphatic heterocycles. The molecule has 5 heteroatoms. The summed E-state index contributed by atoms with van der Waals surface area (Å²) >= 11 is 0. The molecule has 1 saturated carbocycles. The van der Waals surface area contributed by atoms with Crippen LogP contribution in [0, 0.1) is 5.92 Å². The van der Waals surface area contributed by atoms with Gasteiger partial charge in [-0.05, 0) is 39.2 Å². The summed E-state index contributed by atoms with van der Waals surface area (Å²) in [6, 6.07) is 0. The molecule has 1 atom stereocenters. The topological polar surface area (TPSA) is 50.8 Å². The molecule has 0 spiro atoms. The molecule has 5 nitrogen and oxygen atoms in total. The van der Waals surface area contributed by atoms with Crippen LogP contribution < -0.4 is 5.32 Å². The second kappa shape index (κ2) is 6.00. The zero-order valence-corrected chi connectivity index (χ0v) is 13.2. The van der Waals surface area contributed by atoms with Crippen molar-refractivity contribution >= 4 is 5.97 Å². The molecule has 1 N–H and O–H groups in total. The summed E-state index contributed by atoms with van der Waals surface area (Å²) in [6.07, 6.45) is 2.21. The molecule has 2 rings (SSSR count). The Bertz CT molecular complexity index is 355. The summed E-state index contributed by atoms with van der Waals surface area (Å²) in [5.41, 5.74) is -0.597. The number of carbonyl (C=O) groups excluding carboxylic acids is 1. The predicted molar refractivity (Wildman–Crippen MR) is 77.6 cm³/mol. The lowest BCUT2D eigenvalue weighted by molar-refractivity contribution is -0.153. The van der Waals surface area contributed by atoms with Gasteiger partial charge in [0.25, 0.3) is 0 Å². The molecule has 0 radical (unpaired) electrons. The Hall–Kier alpha value is -0.650. The van der Waals surface area contributed by atoms with Gasteiger partial charge < -0.3 is 14.8 Å². The molecule has 20 heavy (non-hydrogen) atoms. The molecule has 0 bridgehead atoms. The Kier molecular flexibility index (Phi) is 4.72. The largest absolute Gasteiger partial charge is 0.468 e. The van der Waals surface area contributed by atoms with Crippen molar-refractivity contribution in [1.29, 1.82) is 0 Å². The quantitative estimate of drug-likeness (QED) is 0.738. The molecule has 0 amide bonds. The normalized spacial score (nSPS) is 26.0. The minimum Gasteiger partial charge on any atom is -0.468 e. The number of methoxy groups -OCH3 is 1. The van der Waals surface area contributed by atoms with E-state index in [1.54, 1.807) is 0 Å². The van der Waals surface area contributed by atoms with Crippen molar-refractivity contribution in [2.45, 2.75) is 44.7 Å². The predicted octanol–water partition coefficient (Wildman–Crippen LogP) is 1.03. The Balaban J connectivity index is 2.20. The molecule has 0 aromatic heterocycles. The monoisotopic (exact) mass is 284 g/mol. The van der Waals surface area contributed by atoms with Crippen LogP contribution in [-0.2, 0) is 14.3 Å². The summed E-state index contributed by atoms with van der Waals surface area (Å²) in [5, 5.41) is 3.44. The number of hydrogen-bond acceptors (Lipinski definition) is 5. The molecule has 2 aliphatic rings. The summed E-state index contributed by atoms with van der Waals surface area (Å²) in [5.74, 6) is 0.276. The van der Waals surface area contributed by atoms with Crippen molar-refractivity contribution in [2.24, 2.45) is 5.92 Å². The number of carbonyl (C=O) groups is 1. The van der Waals surface area contributed by atoms with Gasteiger partial charge in [0.15, 0.2) is 0 Å². The zero-order chi connectivity index (χ0) is 14.8. The van der Waals surface area contributed by atoms with E-state index in [2.05, 4.69) is 24.1 Å². The van der Waals surface area contributed by atoms with Gasteiger partial charge in [-0.25, -0.2) is 4.79 Å². The second-order valence-electron chi connectivity index (χ2n) is 6.55. The fourth-order valence-corrected chi connectivity index (χ4v) is 3.19. The van der Waals surface area contributed by atoms with E-state index in [4.69, 9.17) is 9.47 Å². The fourth-order valence-electron chi connectivity index (χ4n) is 3.19. The van der Waals surface area contributed by atoms with Crippen LogP contribution in [0.3, 0.4) is 0 Å². The lowest BCUT2D eigenvalue weighted by Gasteiger charge is -2.46. The average molecular weight is 284 g/mol. The lowest BCUT2D eigenvalue weighted by Crippen LogP contribution is -2.66. The third-order valence-corrected chi connectivity index (χ3v) is 4.57. The molecule has 0 aromatic rings. The van der Waals surface area contributed by atoms with Crippen molar-refractivity contribution in [3.63, 3.8) is 0 Å². The Morgan fingerprint density at radius 1 is 1.50 bits per heavy atom. The highest BCUT2D eigenvalue weighted by molar-refractivity contribution is 5.82. The first kappa shape index (κ1) is 15.7. The van der Waals surface area contributed by atoms with Crippen LogP contribution in [0.2, 0.25) is 0 Å². The van der Waals surface area contributed by atoms with Crippen molar-refractivity contribution < 1.29 is 14.3 Å². The third kappa shape index (κ3) is 3.00. The maximum absolute atomic E-state index is 12.4. The molecule has 116 valence electrons. The standard InChI is InChI=1S/C15H28N2O3/c1-5-16-15(12-6-7-12,13(18)19-4)10-17-8-9-20-11-14(17,2)3/h12,16H,5-11H2,1-4H3. The van der Waals surface area contributed by atoms with E-state index in [9.17, 15) is 4.79 Å². The summed E-state index contributed by atoms with van der Waals surface area (Å²) in [7, 11) is 1.49. The van der Waals surface area contributed by atoms with Gasteiger partial charge in [-0.2, -0.15) is 0 Å². The highest BCUT2D eigenvalue weighted by atomic mass is 16.5. The first-order valence-corrected chi connectivity index (χ1v) is 7.62. The molecule has 1 saturated heterocycles. The molecule has 0 aromatic carbocycles. The number of morpholine rings is 1. The maximum Gasteiger partial charge on any atom is 0.327 e. The lowest BCUT2D eigenvalue weighted by atomic mass is 9.89. The van der Waals surface area contributed by atoms with Gasteiger partial charge >= 0.3 is 5.97 Å². The molecule has 1 unspecified atom stereocenters. The first-order valence-electron chi connectivity index (χ1n) is 7.62. The Morgan fingerprint density at radius 3 is 2.70 bits per heavy atom. The van der Waals surface area contributed by atoms with Crippen molar-refractivity contribution in [1.82, 2.24) is 10.2 Å². The van der Waals surface area contributed by atoms with Crippen molar-refractivity contribution in [3.8, 4) is 0 Å². The van der Waals surface area contributed by atoms with E-state index >= 15 is 0 Å². The average Bonchev–Trinajstić information content (AvgIpc) is 3.24. The van der Waals surface area contributed by atoms with Crippen LogP contribution in [-0.4, -0.2) is 61.9 Å². The molecule has 1 aliphatic carbocycles. The van der Waals surface area contributed by atoms with Crippen LogP contribution in [0.4, 0.5) is 0 Å². The number of nitrogens with zero attached hydrogens (tertiary/aromatic N) is 1. The number of likely N-dealkylation sites (N-methyl/N-ethyl adjacent to an activating group) is 1. The smallest absolute Gasteiger partial charge is 0.327 e. The number of hydrogen-bond donors (Lipinski definition) is 1. The number of ether oxygens (including phenoxy) is 2.